The Bertz CT molecular complexity index is 558. The van der Waals surface area contributed by atoms with Crippen LogP contribution in [0.1, 0.15) is 27.6 Å². The van der Waals surface area contributed by atoms with E-state index in [9.17, 15) is 8.78 Å². The Kier molecular flexibility index (Phi) is 3.67. The van der Waals surface area contributed by atoms with Gasteiger partial charge in [-0.2, -0.15) is 0 Å². The SMILES string of the molecule is Cc1ccc(C(Cl)c2c(F)cccc2F)cc1C. The first-order valence-electron chi connectivity index (χ1n) is 5.66. The summed E-state index contributed by atoms with van der Waals surface area (Å²) in [5.41, 5.74) is 2.78. The first kappa shape index (κ1) is 13.0. The van der Waals surface area contributed by atoms with Gasteiger partial charge in [0.25, 0.3) is 0 Å². The van der Waals surface area contributed by atoms with Crippen molar-refractivity contribution in [3.8, 4) is 0 Å². The molecular formula is C15H13ClF2. The Balaban J connectivity index is 2.48. The molecule has 2 aromatic carbocycles. The van der Waals surface area contributed by atoms with E-state index in [0.29, 0.717) is 5.56 Å². The van der Waals surface area contributed by atoms with Gasteiger partial charge in [-0.3, -0.25) is 0 Å². The largest absolute Gasteiger partial charge is 0.207 e. The lowest BCUT2D eigenvalue weighted by Crippen LogP contribution is -2.01. The first-order valence-corrected chi connectivity index (χ1v) is 6.09. The molecule has 0 nitrogen and oxygen atoms in total. The fourth-order valence-corrected chi connectivity index (χ4v) is 2.19. The maximum absolute atomic E-state index is 13.6. The van der Waals surface area contributed by atoms with E-state index in [1.54, 1.807) is 6.07 Å². The summed E-state index contributed by atoms with van der Waals surface area (Å²) < 4.78 is 27.3. The van der Waals surface area contributed by atoms with E-state index in [0.717, 1.165) is 11.1 Å². The van der Waals surface area contributed by atoms with Crippen molar-refractivity contribution in [1.82, 2.24) is 0 Å². The zero-order chi connectivity index (χ0) is 13.3. The highest BCUT2D eigenvalue weighted by atomic mass is 35.5. The van der Waals surface area contributed by atoms with Gasteiger partial charge in [0.15, 0.2) is 0 Å². The number of aryl methyl sites for hydroxylation is 2. The molecule has 1 atom stereocenters. The van der Waals surface area contributed by atoms with Gasteiger partial charge in [-0.05, 0) is 42.7 Å². The minimum atomic E-state index is -0.814. The highest BCUT2D eigenvalue weighted by Crippen LogP contribution is 2.33. The predicted octanol–water partition coefficient (Wildman–Crippen LogP) is 4.91. The average molecular weight is 267 g/mol. The molecule has 1 unspecified atom stereocenters. The number of benzene rings is 2. The number of hydrogen-bond donors (Lipinski definition) is 0. The zero-order valence-electron chi connectivity index (χ0n) is 10.2. The average Bonchev–Trinajstić information content (AvgIpc) is 2.32. The number of alkyl halides is 1. The number of hydrogen-bond acceptors (Lipinski definition) is 0. The van der Waals surface area contributed by atoms with Crippen LogP contribution in [-0.4, -0.2) is 0 Å². The van der Waals surface area contributed by atoms with Crippen molar-refractivity contribution >= 4 is 11.6 Å². The Hall–Kier alpha value is -1.41. The van der Waals surface area contributed by atoms with Gasteiger partial charge in [0.2, 0.25) is 0 Å². The molecule has 2 aromatic rings. The standard InChI is InChI=1S/C15H13ClF2/c1-9-6-7-11(8-10(9)2)15(16)14-12(17)4-3-5-13(14)18/h3-8,15H,1-2H3. The summed E-state index contributed by atoms with van der Waals surface area (Å²) in [7, 11) is 0. The molecular weight excluding hydrogens is 254 g/mol. The lowest BCUT2D eigenvalue weighted by molar-refractivity contribution is 0.559. The van der Waals surface area contributed by atoms with Crippen molar-refractivity contribution < 1.29 is 8.78 Å². The van der Waals surface area contributed by atoms with Crippen molar-refractivity contribution in [2.75, 3.05) is 0 Å². The number of rotatable bonds is 2. The van der Waals surface area contributed by atoms with Gasteiger partial charge < -0.3 is 0 Å². The number of halogens is 3. The van der Waals surface area contributed by atoms with E-state index in [2.05, 4.69) is 0 Å². The van der Waals surface area contributed by atoms with Gasteiger partial charge in [-0.15, -0.1) is 11.6 Å². The summed E-state index contributed by atoms with van der Waals surface area (Å²) in [5, 5.41) is -0.814. The van der Waals surface area contributed by atoms with Gasteiger partial charge in [-0.1, -0.05) is 24.3 Å². The Morgan fingerprint density at radius 2 is 1.56 bits per heavy atom. The molecule has 0 amide bonds. The van der Waals surface area contributed by atoms with Crippen LogP contribution >= 0.6 is 11.6 Å². The van der Waals surface area contributed by atoms with Crippen LogP contribution in [0.2, 0.25) is 0 Å². The first-order chi connectivity index (χ1) is 8.50. The highest BCUT2D eigenvalue weighted by Gasteiger charge is 2.19. The molecule has 18 heavy (non-hydrogen) atoms. The van der Waals surface area contributed by atoms with Crippen molar-refractivity contribution in [2.24, 2.45) is 0 Å². The molecule has 0 radical (unpaired) electrons. The molecule has 0 bridgehead atoms. The van der Waals surface area contributed by atoms with Crippen LogP contribution in [0.15, 0.2) is 36.4 Å². The van der Waals surface area contributed by atoms with Crippen LogP contribution in [0, 0.1) is 25.5 Å². The molecule has 0 saturated heterocycles. The van der Waals surface area contributed by atoms with E-state index in [1.807, 2.05) is 26.0 Å². The summed E-state index contributed by atoms with van der Waals surface area (Å²) in [5.74, 6) is -1.23. The predicted molar refractivity (Wildman–Crippen MR) is 70.0 cm³/mol. The lowest BCUT2D eigenvalue weighted by Gasteiger charge is -2.13. The lowest BCUT2D eigenvalue weighted by atomic mass is 9.99. The maximum atomic E-state index is 13.6. The van der Waals surface area contributed by atoms with Crippen LogP contribution in [0.25, 0.3) is 0 Å². The summed E-state index contributed by atoms with van der Waals surface area (Å²) in [6, 6.07) is 9.32. The van der Waals surface area contributed by atoms with Crippen LogP contribution < -0.4 is 0 Å². The molecule has 0 heterocycles. The van der Waals surface area contributed by atoms with Crippen molar-refractivity contribution in [2.45, 2.75) is 19.2 Å². The molecule has 0 spiro atoms. The zero-order valence-corrected chi connectivity index (χ0v) is 10.9. The monoisotopic (exact) mass is 266 g/mol. The Morgan fingerprint density at radius 3 is 2.11 bits per heavy atom. The molecule has 2 rings (SSSR count). The van der Waals surface area contributed by atoms with Crippen LogP contribution in [0.5, 0.6) is 0 Å². The van der Waals surface area contributed by atoms with Crippen molar-refractivity contribution in [1.29, 1.82) is 0 Å². The van der Waals surface area contributed by atoms with E-state index < -0.39 is 17.0 Å². The molecule has 0 aliphatic heterocycles. The van der Waals surface area contributed by atoms with E-state index in [4.69, 9.17) is 11.6 Å². The molecule has 0 fully saturated rings. The third kappa shape index (κ3) is 2.39. The summed E-state index contributed by atoms with van der Waals surface area (Å²) in [6.07, 6.45) is 0. The minimum absolute atomic E-state index is 0.0950. The highest BCUT2D eigenvalue weighted by molar-refractivity contribution is 6.22. The van der Waals surface area contributed by atoms with Gasteiger partial charge in [0, 0.05) is 5.56 Å². The summed E-state index contributed by atoms with van der Waals surface area (Å²) in [4.78, 5) is 0. The molecule has 0 N–H and O–H groups in total. The van der Waals surface area contributed by atoms with E-state index in [1.165, 1.54) is 18.2 Å². The third-order valence-corrected chi connectivity index (χ3v) is 3.55. The molecule has 0 aliphatic carbocycles. The molecule has 0 saturated carbocycles. The van der Waals surface area contributed by atoms with Crippen LogP contribution in [0.4, 0.5) is 8.78 Å². The van der Waals surface area contributed by atoms with Crippen LogP contribution in [0.3, 0.4) is 0 Å². The molecule has 94 valence electrons. The maximum Gasteiger partial charge on any atom is 0.131 e. The summed E-state index contributed by atoms with van der Waals surface area (Å²) in [6.45, 7) is 3.92. The second-order valence-electron chi connectivity index (χ2n) is 4.34. The smallest absolute Gasteiger partial charge is 0.131 e. The second kappa shape index (κ2) is 5.07. The minimum Gasteiger partial charge on any atom is -0.207 e. The fourth-order valence-electron chi connectivity index (χ4n) is 1.84. The van der Waals surface area contributed by atoms with E-state index in [-0.39, 0.29) is 5.56 Å². The van der Waals surface area contributed by atoms with Crippen molar-refractivity contribution in [3.05, 3.63) is 70.3 Å². The quantitative estimate of drug-likeness (QED) is 0.678. The van der Waals surface area contributed by atoms with Gasteiger partial charge >= 0.3 is 0 Å². The van der Waals surface area contributed by atoms with Crippen molar-refractivity contribution in [3.63, 3.8) is 0 Å². The normalized spacial score (nSPS) is 12.5. The topological polar surface area (TPSA) is 0 Å². The van der Waals surface area contributed by atoms with Gasteiger partial charge in [-0.25, -0.2) is 8.78 Å². The van der Waals surface area contributed by atoms with E-state index >= 15 is 0 Å². The second-order valence-corrected chi connectivity index (χ2v) is 4.78. The molecule has 3 heteroatoms. The molecule has 0 aliphatic rings. The van der Waals surface area contributed by atoms with Gasteiger partial charge in [0.05, 0.1) is 5.38 Å². The Labute approximate surface area is 110 Å². The third-order valence-electron chi connectivity index (χ3n) is 3.08. The fraction of sp³-hybridized carbons (Fsp3) is 0.200. The Morgan fingerprint density at radius 1 is 0.944 bits per heavy atom. The van der Waals surface area contributed by atoms with Crippen LogP contribution in [-0.2, 0) is 0 Å². The summed E-state index contributed by atoms with van der Waals surface area (Å²) >= 11 is 6.19. The van der Waals surface area contributed by atoms with Gasteiger partial charge in [0.1, 0.15) is 11.6 Å². The molecule has 0 aromatic heterocycles.